The Morgan fingerprint density at radius 2 is 0.735 bits per heavy atom. The van der Waals surface area contributed by atoms with Crippen molar-refractivity contribution in [2.45, 2.75) is 0 Å². The second-order valence-electron chi connectivity index (χ2n) is 8.30. The quantitative estimate of drug-likeness (QED) is 0.560. The Balaban J connectivity index is 0.00000162. The number of carbonyl (C=O) groups excluding carboxylic acids is 4. The number of benzene rings is 2. The van der Waals surface area contributed by atoms with Gasteiger partial charge >= 0.3 is 0 Å². The number of amides is 4. The van der Waals surface area contributed by atoms with Crippen molar-refractivity contribution >= 4 is 48.4 Å². The summed E-state index contributed by atoms with van der Waals surface area (Å²) in [5.74, 6) is -0.870. The van der Waals surface area contributed by atoms with Gasteiger partial charge in [-0.1, -0.05) is 24.3 Å². The van der Waals surface area contributed by atoms with Gasteiger partial charge in [-0.15, -0.1) is 24.8 Å². The van der Waals surface area contributed by atoms with Crippen LogP contribution in [0.25, 0.3) is 0 Å². The second-order valence-corrected chi connectivity index (χ2v) is 8.30. The molecule has 34 heavy (non-hydrogen) atoms. The molecule has 1 saturated heterocycles. The number of nitrogens with zero attached hydrogens (tertiary/aromatic N) is 4. The van der Waals surface area contributed by atoms with Gasteiger partial charge in [0.25, 0.3) is 23.6 Å². The third-order valence-corrected chi connectivity index (χ3v) is 6.50. The number of hydrogen-bond acceptors (Lipinski definition) is 6. The molecule has 0 spiro atoms. The lowest BCUT2D eigenvalue weighted by atomic mass is 10.1. The maximum absolute atomic E-state index is 12.5. The second kappa shape index (κ2) is 10.7. The van der Waals surface area contributed by atoms with Gasteiger partial charge in [-0.2, -0.15) is 0 Å². The first kappa shape index (κ1) is 25.8. The van der Waals surface area contributed by atoms with E-state index in [0.29, 0.717) is 48.4 Å². The van der Waals surface area contributed by atoms with E-state index >= 15 is 0 Å². The molecular formula is C24H26Cl2N4O4. The van der Waals surface area contributed by atoms with E-state index in [4.69, 9.17) is 0 Å². The highest BCUT2D eigenvalue weighted by Gasteiger charge is 2.36. The van der Waals surface area contributed by atoms with E-state index in [1.165, 1.54) is 9.80 Å². The van der Waals surface area contributed by atoms with Gasteiger partial charge in [-0.3, -0.25) is 38.8 Å². The van der Waals surface area contributed by atoms with Crippen LogP contribution in [0.15, 0.2) is 48.5 Å². The van der Waals surface area contributed by atoms with Gasteiger partial charge in [0.1, 0.15) is 0 Å². The van der Waals surface area contributed by atoms with Crippen LogP contribution in [0.1, 0.15) is 41.4 Å². The molecule has 4 amide bonds. The average molecular weight is 505 g/mol. The molecule has 2 aromatic carbocycles. The van der Waals surface area contributed by atoms with Gasteiger partial charge in [0.2, 0.25) is 0 Å². The predicted molar refractivity (Wildman–Crippen MR) is 131 cm³/mol. The molecule has 180 valence electrons. The topological polar surface area (TPSA) is 81.2 Å². The summed E-state index contributed by atoms with van der Waals surface area (Å²) < 4.78 is 0. The molecule has 0 aliphatic carbocycles. The van der Waals surface area contributed by atoms with E-state index in [1.807, 2.05) is 0 Å². The summed E-state index contributed by atoms with van der Waals surface area (Å²) in [7, 11) is 0. The molecule has 0 radical (unpaired) electrons. The number of fused-ring (bicyclic) bond motifs is 2. The van der Waals surface area contributed by atoms with Crippen LogP contribution in [0.2, 0.25) is 0 Å². The normalized spacial score (nSPS) is 18.0. The summed E-state index contributed by atoms with van der Waals surface area (Å²) in [6.45, 7) is 5.27. The Hall–Kier alpha value is -2.78. The van der Waals surface area contributed by atoms with Crippen molar-refractivity contribution < 1.29 is 19.2 Å². The SMILES string of the molecule is Cl.Cl.O=C1c2ccccc2C(=O)N1CCN1CCN(CCN2C(=O)c3ccccc3C2=O)CC1. The molecule has 3 aliphatic rings. The van der Waals surface area contributed by atoms with E-state index in [-0.39, 0.29) is 48.4 Å². The van der Waals surface area contributed by atoms with Crippen LogP contribution in [0.3, 0.4) is 0 Å². The number of carbonyl (C=O) groups is 4. The molecule has 2 aromatic rings. The predicted octanol–water partition coefficient (Wildman–Crippen LogP) is 2.04. The lowest BCUT2D eigenvalue weighted by Gasteiger charge is -2.35. The molecule has 0 N–H and O–H groups in total. The molecular weight excluding hydrogens is 479 g/mol. The van der Waals surface area contributed by atoms with Gasteiger partial charge in [-0.05, 0) is 24.3 Å². The lowest BCUT2D eigenvalue weighted by Crippen LogP contribution is -2.50. The van der Waals surface area contributed by atoms with Crippen molar-refractivity contribution in [3.05, 3.63) is 70.8 Å². The van der Waals surface area contributed by atoms with Crippen LogP contribution in [-0.2, 0) is 0 Å². The molecule has 3 aliphatic heterocycles. The molecule has 0 unspecified atom stereocenters. The first-order valence-corrected chi connectivity index (χ1v) is 10.9. The molecule has 0 saturated carbocycles. The van der Waals surface area contributed by atoms with Gasteiger partial charge in [0, 0.05) is 52.4 Å². The zero-order chi connectivity index (χ0) is 22.2. The fourth-order valence-electron chi connectivity index (χ4n) is 4.60. The maximum atomic E-state index is 12.5. The fourth-order valence-corrected chi connectivity index (χ4v) is 4.60. The molecule has 1 fully saturated rings. The molecule has 0 atom stereocenters. The van der Waals surface area contributed by atoms with Crippen LogP contribution < -0.4 is 0 Å². The zero-order valence-corrected chi connectivity index (χ0v) is 20.1. The average Bonchev–Trinajstić information content (AvgIpc) is 3.22. The fraction of sp³-hybridized carbons (Fsp3) is 0.333. The van der Waals surface area contributed by atoms with Crippen LogP contribution in [0.4, 0.5) is 0 Å². The van der Waals surface area contributed by atoms with Crippen molar-refractivity contribution in [2.75, 3.05) is 52.4 Å². The number of piperazine rings is 1. The third kappa shape index (κ3) is 4.59. The smallest absolute Gasteiger partial charge is 0.261 e. The van der Waals surface area contributed by atoms with E-state index < -0.39 is 0 Å². The minimum Gasteiger partial charge on any atom is -0.299 e. The summed E-state index contributed by atoms with van der Waals surface area (Å²) in [5, 5.41) is 0. The van der Waals surface area contributed by atoms with Gasteiger partial charge < -0.3 is 0 Å². The minimum atomic E-state index is -0.217. The highest BCUT2D eigenvalue weighted by atomic mass is 35.5. The molecule has 0 bridgehead atoms. The number of rotatable bonds is 6. The number of halogens is 2. The van der Waals surface area contributed by atoms with Crippen LogP contribution in [-0.4, -0.2) is 95.6 Å². The highest BCUT2D eigenvalue weighted by Crippen LogP contribution is 2.23. The van der Waals surface area contributed by atoms with Crippen molar-refractivity contribution in [3.63, 3.8) is 0 Å². The lowest BCUT2D eigenvalue weighted by molar-refractivity contribution is 0.0570. The van der Waals surface area contributed by atoms with Crippen molar-refractivity contribution in [1.82, 2.24) is 19.6 Å². The molecule has 8 nitrogen and oxygen atoms in total. The molecule has 0 aromatic heterocycles. The Kier molecular flexibility index (Phi) is 8.09. The minimum absolute atomic E-state index is 0. The largest absolute Gasteiger partial charge is 0.299 e. The Morgan fingerprint density at radius 1 is 0.471 bits per heavy atom. The highest BCUT2D eigenvalue weighted by molar-refractivity contribution is 6.22. The Morgan fingerprint density at radius 3 is 1.00 bits per heavy atom. The summed E-state index contributed by atoms with van der Waals surface area (Å²) in [4.78, 5) is 57.1. The van der Waals surface area contributed by atoms with Crippen LogP contribution in [0, 0.1) is 0 Å². The molecule has 3 heterocycles. The first-order chi connectivity index (χ1) is 15.5. The van der Waals surface area contributed by atoms with Crippen molar-refractivity contribution in [1.29, 1.82) is 0 Å². The van der Waals surface area contributed by atoms with E-state index in [1.54, 1.807) is 48.5 Å². The summed E-state index contributed by atoms with van der Waals surface area (Å²) >= 11 is 0. The zero-order valence-electron chi connectivity index (χ0n) is 18.5. The van der Waals surface area contributed by atoms with Crippen LogP contribution in [0.5, 0.6) is 0 Å². The summed E-state index contributed by atoms with van der Waals surface area (Å²) in [5.41, 5.74) is 1.93. The van der Waals surface area contributed by atoms with Crippen molar-refractivity contribution in [2.24, 2.45) is 0 Å². The maximum Gasteiger partial charge on any atom is 0.261 e. The standard InChI is InChI=1S/C24H24N4O4.2ClH/c29-21-17-5-1-2-6-18(17)22(30)27(21)15-13-25-9-11-26(12-10-25)14-16-28-23(31)19-7-3-4-8-20(19)24(28)32;;/h1-8H,9-16H2;2*1H. The monoisotopic (exact) mass is 504 g/mol. The third-order valence-electron chi connectivity index (χ3n) is 6.50. The molecule has 10 heteroatoms. The molecule has 5 rings (SSSR count). The number of imide groups is 2. The summed E-state index contributed by atoms with van der Waals surface area (Å²) in [6, 6.07) is 13.9. The van der Waals surface area contributed by atoms with Gasteiger partial charge in [0.15, 0.2) is 0 Å². The summed E-state index contributed by atoms with van der Waals surface area (Å²) in [6.07, 6.45) is 0. The number of hydrogen-bond donors (Lipinski definition) is 0. The first-order valence-electron chi connectivity index (χ1n) is 10.9. The van der Waals surface area contributed by atoms with E-state index in [2.05, 4.69) is 9.80 Å². The van der Waals surface area contributed by atoms with Crippen LogP contribution >= 0.6 is 24.8 Å². The Labute approximate surface area is 210 Å². The van der Waals surface area contributed by atoms with Gasteiger partial charge in [0.05, 0.1) is 22.3 Å². The van der Waals surface area contributed by atoms with Gasteiger partial charge in [-0.25, -0.2) is 0 Å². The van der Waals surface area contributed by atoms with E-state index in [0.717, 1.165) is 26.2 Å². The Bertz CT molecular complexity index is 960. The van der Waals surface area contributed by atoms with E-state index in [9.17, 15) is 19.2 Å². The van der Waals surface area contributed by atoms with Crippen molar-refractivity contribution in [3.8, 4) is 0 Å².